The Labute approximate surface area is 114 Å². The first-order valence-electron chi connectivity index (χ1n) is 4.58. The van der Waals surface area contributed by atoms with Crippen molar-refractivity contribution in [2.24, 2.45) is 0 Å². The van der Waals surface area contributed by atoms with Gasteiger partial charge in [-0.05, 0) is 19.9 Å². The first-order valence-corrected chi connectivity index (χ1v) is 6.69. The van der Waals surface area contributed by atoms with Gasteiger partial charge in [-0.2, -0.15) is 0 Å². The minimum Gasteiger partial charge on any atom is -0.335 e. The molecule has 0 fully saturated rings. The van der Waals surface area contributed by atoms with Crippen molar-refractivity contribution >= 4 is 52.0 Å². The number of carbonyl (C=O) groups excluding carboxylic acids is 1. The number of carbonyl (C=O) groups is 1. The maximum atomic E-state index is 12.1. The van der Waals surface area contributed by atoms with Crippen LogP contribution in [0.3, 0.4) is 0 Å². The van der Waals surface area contributed by atoms with Gasteiger partial charge in [-0.25, -0.2) is 0 Å². The maximum absolute atomic E-state index is 12.1. The van der Waals surface area contributed by atoms with Crippen LogP contribution in [0.4, 0.5) is 0 Å². The van der Waals surface area contributed by atoms with E-state index in [1.807, 2.05) is 13.8 Å². The van der Waals surface area contributed by atoms with Crippen LogP contribution in [0.15, 0.2) is 6.07 Å². The van der Waals surface area contributed by atoms with Gasteiger partial charge in [0.25, 0.3) is 5.91 Å². The molecule has 0 atom stereocenters. The van der Waals surface area contributed by atoms with Crippen LogP contribution >= 0.6 is 46.1 Å². The molecule has 6 heteroatoms. The number of thiophene rings is 1. The van der Waals surface area contributed by atoms with Gasteiger partial charge in [0.2, 0.25) is 0 Å². The molecule has 0 aliphatic carbocycles. The fourth-order valence-electron chi connectivity index (χ4n) is 1.03. The van der Waals surface area contributed by atoms with Crippen LogP contribution in [0, 0.1) is 0 Å². The Morgan fingerprint density at radius 3 is 2.44 bits per heavy atom. The summed E-state index contributed by atoms with van der Waals surface area (Å²) in [7, 11) is 1.70. The molecule has 1 rings (SSSR count). The van der Waals surface area contributed by atoms with E-state index in [0.29, 0.717) is 20.1 Å². The third kappa shape index (κ3) is 2.83. The van der Waals surface area contributed by atoms with Crippen LogP contribution in [0.1, 0.15) is 24.2 Å². The molecule has 0 bridgehead atoms. The summed E-state index contributed by atoms with van der Waals surface area (Å²) in [4.78, 5) is 13.7. The normalized spacial score (nSPS) is 11.6. The molecule has 0 spiro atoms. The molecule has 1 heterocycles. The maximum Gasteiger partial charge on any atom is 0.256 e. The fraction of sp³-hybridized carbons (Fsp3) is 0.500. The van der Waals surface area contributed by atoms with Crippen LogP contribution in [-0.4, -0.2) is 29.3 Å². The zero-order chi connectivity index (χ0) is 12.5. The molecule has 2 nitrogen and oxygen atoms in total. The van der Waals surface area contributed by atoms with Crippen LogP contribution in [-0.2, 0) is 0 Å². The minimum atomic E-state index is -0.420. The zero-order valence-electron chi connectivity index (χ0n) is 9.18. The van der Waals surface area contributed by atoms with Crippen molar-refractivity contribution in [3.8, 4) is 0 Å². The summed E-state index contributed by atoms with van der Waals surface area (Å²) in [6.45, 7) is 3.78. The molecule has 0 N–H and O–H groups in total. The standard InChI is InChI=1S/C10H12Cl3NOS/c1-10(2,5-11)14(3)9(15)6-4-7(12)16-8(6)13/h4H,5H2,1-3H3. The van der Waals surface area contributed by atoms with E-state index in [-0.39, 0.29) is 5.91 Å². The molecule has 1 aromatic heterocycles. The van der Waals surface area contributed by atoms with Crippen molar-refractivity contribution in [1.82, 2.24) is 4.90 Å². The SMILES string of the molecule is CN(C(=O)c1cc(Cl)sc1Cl)C(C)(C)CCl. The number of halogens is 3. The Bertz CT molecular complexity index is 403. The van der Waals surface area contributed by atoms with Gasteiger partial charge in [0.1, 0.15) is 4.34 Å². The van der Waals surface area contributed by atoms with Crippen LogP contribution in [0.5, 0.6) is 0 Å². The van der Waals surface area contributed by atoms with Gasteiger partial charge in [-0.15, -0.1) is 22.9 Å². The molecule has 90 valence electrons. The Morgan fingerprint density at radius 1 is 1.50 bits per heavy atom. The summed E-state index contributed by atoms with van der Waals surface area (Å²) in [6.07, 6.45) is 0. The Balaban J connectivity index is 2.99. The Morgan fingerprint density at radius 2 is 2.06 bits per heavy atom. The Kier molecular flexibility index (Phi) is 4.52. The highest BCUT2D eigenvalue weighted by atomic mass is 35.5. The average Bonchev–Trinajstić information content (AvgIpc) is 2.55. The number of hydrogen-bond donors (Lipinski definition) is 0. The van der Waals surface area contributed by atoms with Gasteiger partial charge < -0.3 is 4.90 Å². The van der Waals surface area contributed by atoms with E-state index in [4.69, 9.17) is 34.8 Å². The van der Waals surface area contributed by atoms with Gasteiger partial charge in [0.15, 0.2) is 0 Å². The van der Waals surface area contributed by atoms with E-state index >= 15 is 0 Å². The third-order valence-electron chi connectivity index (χ3n) is 2.43. The van der Waals surface area contributed by atoms with Crippen molar-refractivity contribution in [3.63, 3.8) is 0 Å². The van der Waals surface area contributed by atoms with Crippen molar-refractivity contribution in [2.45, 2.75) is 19.4 Å². The number of nitrogens with zero attached hydrogens (tertiary/aromatic N) is 1. The lowest BCUT2D eigenvalue weighted by atomic mass is 10.1. The quantitative estimate of drug-likeness (QED) is 0.768. The van der Waals surface area contributed by atoms with Gasteiger partial charge in [0.05, 0.1) is 15.4 Å². The van der Waals surface area contributed by atoms with E-state index in [9.17, 15) is 4.79 Å². The van der Waals surface area contributed by atoms with Crippen LogP contribution < -0.4 is 0 Å². The second-order valence-electron chi connectivity index (χ2n) is 4.05. The third-order valence-corrected chi connectivity index (χ3v) is 4.57. The molecule has 1 aromatic rings. The van der Waals surface area contributed by atoms with E-state index in [1.165, 1.54) is 11.3 Å². The highest BCUT2D eigenvalue weighted by Gasteiger charge is 2.29. The Hall–Kier alpha value is 0.0400. The van der Waals surface area contributed by atoms with Crippen molar-refractivity contribution < 1.29 is 4.79 Å². The molecular formula is C10H12Cl3NOS. The second kappa shape index (κ2) is 5.13. The molecule has 0 aliphatic rings. The fourth-order valence-corrected chi connectivity index (χ4v) is 2.66. The highest BCUT2D eigenvalue weighted by Crippen LogP contribution is 2.32. The van der Waals surface area contributed by atoms with Gasteiger partial charge in [0, 0.05) is 12.9 Å². The molecule has 1 amide bonds. The predicted molar refractivity (Wildman–Crippen MR) is 71.2 cm³/mol. The number of alkyl halides is 1. The molecule has 0 saturated carbocycles. The topological polar surface area (TPSA) is 20.3 Å². The van der Waals surface area contributed by atoms with Crippen molar-refractivity contribution in [3.05, 3.63) is 20.3 Å². The number of rotatable bonds is 3. The first-order chi connectivity index (χ1) is 7.29. The molecule has 0 aromatic carbocycles. The van der Waals surface area contributed by atoms with E-state index < -0.39 is 5.54 Å². The summed E-state index contributed by atoms with van der Waals surface area (Å²) in [6, 6.07) is 1.58. The molecule has 0 radical (unpaired) electrons. The molecular weight excluding hydrogens is 289 g/mol. The van der Waals surface area contributed by atoms with Crippen molar-refractivity contribution in [1.29, 1.82) is 0 Å². The lowest BCUT2D eigenvalue weighted by Gasteiger charge is -2.33. The van der Waals surface area contributed by atoms with E-state index in [1.54, 1.807) is 18.0 Å². The number of amides is 1. The lowest BCUT2D eigenvalue weighted by Crippen LogP contribution is -2.46. The summed E-state index contributed by atoms with van der Waals surface area (Å²) in [5.74, 6) is 0.184. The summed E-state index contributed by atoms with van der Waals surface area (Å²) < 4.78 is 0.914. The molecule has 0 unspecified atom stereocenters. The summed E-state index contributed by atoms with van der Waals surface area (Å²) >= 11 is 18.7. The lowest BCUT2D eigenvalue weighted by molar-refractivity contribution is 0.0661. The average molecular weight is 301 g/mol. The number of hydrogen-bond acceptors (Lipinski definition) is 2. The largest absolute Gasteiger partial charge is 0.335 e. The van der Waals surface area contributed by atoms with Crippen molar-refractivity contribution in [2.75, 3.05) is 12.9 Å². The van der Waals surface area contributed by atoms with Crippen LogP contribution in [0.2, 0.25) is 8.67 Å². The smallest absolute Gasteiger partial charge is 0.256 e. The summed E-state index contributed by atoms with van der Waals surface area (Å²) in [5, 5.41) is 0. The second-order valence-corrected chi connectivity index (χ2v) is 6.60. The van der Waals surface area contributed by atoms with E-state index in [0.717, 1.165) is 0 Å². The van der Waals surface area contributed by atoms with E-state index in [2.05, 4.69) is 0 Å². The van der Waals surface area contributed by atoms with Crippen LogP contribution in [0.25, 0.3) is 0 Å². The highest BCUT2D eigenvalue weighted by molar-refractivity contribution is 7.20. The molecule has 16 heavy (non-hydrogen) atoms. The first kappa shape index (κ1) is 14.1. The van der Waals surface area contributed by atoms with Gasteiger partial charge in [-0.1, -0.05) is 23.2 Å². The monoisotopic (exact) mass is 299 g/mol. The molecule has 0 saturated heterocycles. The minimum absolute atomic E-state index is 0.168. The zero-order valence-corrected chi connectivity index (χ0v) is 12.3. The predicted octanol–water partition coefficient (Wildman–Crippen LogP) is 4.14. The molecule has 0 aliphatic heterocycles. The summed E-state index contributed by atoms with van der Waals surface area (Å²) in [5.41, 5.74) is 0.00785. The van der Waals surface area contributed by atoms with Gasteiger partial charge in [-0.3, -0.25) is 4.79 Å². The van der Waals surface area contributed by atoms with Gasteiger partial charge >= 0.3 is 0 Å².